The van der Waals surface area contributed by atoms with Crippen LogP contribution in [0.15, 0.2) is 71.6 Å². The van der Waals surface area contributed by atoms with Gasteiger partial charge in [0.05, 0.1) is 22.9 Å². The van der Waals surface area contributed by atoms with Gasteiger partial charge in [0.1, 0.15) is 0 Å². The van der Waals surface area contributed by atoms with Crippen LogP contribution in [0.25, 0.3) is 0 Å². The zero-order valence-corrected chi connectivity index (χ0v) is 22.3. The second-order valence-electron chi connectivity index (χ2n) is 8.37. The molecule has 0 aliphatic carbocycles. The van der Waals surface area contributed by atoms with Gasteiger partial charge in [-0.3, -0.25) is 9.10 Å². The molecule has 0 bridgehead atoms. The molecule has 1 atom stereocenters. The summed E-state index contributed by atoms with van der Waals surface area (Å²) in [6, 6.07) is 16.7. The van der Waals surface area contributed by atoms with Gasteiger partial charge in [0, 0.05) is 28.7 Å². The highest BCUT2D eigenvalue weighted by Gasteiger charge is 2.31. The van der Waals surface area contributed by atoms with Gasteiger partial charge in [0.15, 0.2) is 0 Å². The van der Waals surface area contributed by atoms with Crippen LogP contribution in [0.2, 0.25) is 10.0 Å². The predicted molar refractivity (Wildman–Crippen MR) is 142 cm³/mol. The summed E-state index contributed by atoms with van der Waals surface area (Å²) in [5, 5.41) is 3.67. The van der Waals surface area contributed by atoms with Crippen molar-refractivity contribution in [3.05, 3.63) is 87.9 Å². The van der Waals surface area contributed by atoms with Gasteiger partial charge >= 0.3 is 0 Å². The highest BCUT2D eigenvalue weighted by molar-refractivity contribution is 7.92. The Morgan fingerprint density at radius 3 is 2.17 bits per heavy atom. The average Bonchev–Trinajstić information content (AvgIpc) is 3.22. The molecule has 4 rings (SSSR count). The van der Waals surface area contributed by atoms with Crippen LogP contribution in [0.1, 0.15) is 23.6 Å². The second-order valence-corrected chi connectivity index (χ2v) is 12.9. The number of nitrogens with zero attached hydrogens (tertiary/aromatic N) is 1. The number of amides is 1. The Labute approximate surface area is 220 Å². The number of anilines is 2. The summed E-state index contributed by atoms with van der Waals surface area (Å²) in [6.07, 6.45) is 1.37. The molecule has 0 saturated carbocycles. The minimum Gasteiger partial charge on any atom is -0.326 e. The molecule has 1 amide bonds. The standard InChI is InChI=1S/C24H23Cl2N3O5S2/c1-35(31,32)28-22(16-2-5-18(25)6-3-16)15-24(30)27-20-9-4-17-12-13-29(23(17)14-20)36(33,34)21-10-7-19(26)8-11-21/h2-11,14,22,28H,12-13,15H2,1H3,(H,27,30)/t22-/m0/s1. The minimum atomic E-state index is -3.82. The molecule has 0 saturated heterocycles. The Morgan fingerprint density at radius 1 is 0.944 bits per heavy atom. The lowest BCUT2D eigenvalue weighted by Gasteiger charge is -2.21. The van der Waals surface area contributed by atoms with Gasteiger partial charge in [0.25, 0.3) is 10.0 Å². The third kappa shape index (κ3) is 6.19. The fourth-order valence-corrected chi connectivity index (χ4v) is 6.47. The number of rotatable bonds is 8. The Hall–Kier alpha value is -2.63. The topological polar surface area (TPSA) is 113 Å². The van der Waals surface area contributed by atoms with E-state index < -0.39 is 32.0 Å². The molecule has 3 aromatic rings. The van der Waals surface area contributed by atoms with E-state index in [1.807, 2.05) is 0 Å². The number of nitrogens with one attached hydrogen (secondary N) is 2. The highest BCUT2D eigenvalue weighted by atomic mass is 35.5. The molecule has 3 aromatic carbocycles. The van der Waals surface area contributed by atoms with E-state index in [9.17, 15) is 21.6 Å². The summed E-state index contributed by atoms with van der Waals surface area (Å²) < 4.78 is 54.0. The number of benzene rings is 3. The SMILES string of the molecule is CS(=O)(=O)N[C@@H](CC(=O)Nc1ccc2c(c1)N(S(=O)(=O)c1ccc(Cl)cc1)CC2)c1ccc(Cl)cc1. The van der Waals surface area contributed by atoms with Crippen LogP contribution in [0, 0.1) is 0 Å². The molecule has 1 aliphatic rings. The number of sulfonamides is 2. The Morgan fingerprint density at radius 2 is 1.56 bits per heavy atom. The van der Waals surface area contributed by atoms with E-state index >= 15 is 0 Å². The lowest BCUT2D eigenvalue weighted by Crippen LogP contribution is -2.31. The number of halogens is 2. The smallest absolute Gasteiger partial charge is 0.264 e. The van der Waals surface area contributed by atoms with Crippen molar-refractivity contribution in [1.29, 1.82) is 0 Å². The molecule has 2 N–H and O–H groups in total. The van der Waals surface area contributed by atoms with E-state index in [-0.39, 0.29) is 17.9 Å². The predicted octanol–water partition coefficient (Wildman–Crippen LogP) is 4.36. The number of hydrogen-bond acceptors (Lipinski definition) is 5. The Kier molecular flexibility index (Phi) is 7.63. The van der Waals surface area contributed by atoms with E-state index in [0.29, 0.717) is 33.4 Å². The lowest BCUT2D eigenvalue weighted by atomic mass is 10.0. The molecular formula is C24H23Cl2N3O5S2. The number of carbonyl (C=O) groups excluding carboxylic acids is 1. The summed E-state index contributed by atoms with van der Waals surface area (Å²) in [6.45, 7) is 0.272. The first-order chi connectivity index (χ1) is 16.9. The lowest BCUT2D eigenvalue weighted by molar-refractivity contribution is -0.116. The van der Waals surface area contributed by atoms with Crippen LogP contribution in [-0.4, -0.2) is 35.5 Å². The first kappa shape index (κ1) is 26.4. The van der Waals surface area contributed by atoms with Gasteiger partial charge in [-0.2, -0.15) is 0 Å². The van der Waals surface area contributed by atoms with Crippen LogP contribution in [-0.2, 0) is 31.3 Å². The molecule has 0 unspecified atom stereocenters. The molecule has 12 heteroatoms. The van der Waals surface area contributed by atoms with Crippen molar-refractivity contribution in [3.8, 4) is 0 Å². The molecule has 1 heterocycles. The van der Waals surface area contributed by atoms with Crippen LogP contribution in [0.5, 0.6) is 0 Å². The van der Waals surface area contributed by atoms with E-state index in [1.165, 1.54) is 28.6 Å². The van der Waals surface area contributed by atoms with Crippen molar-refractivity contribution in [1.82, 2.24) is 4.72 Å². The largest absolute Gasteiger partial charge is 0.326 e. The van der Waals surface area contributed by atoms with Gasteiger partial charge in [-0.15, -0.1) is 0 Å². The third-order valence-electron chi connectivity index (χ3n) is 5.64. The van der Waals surface area contributed by atoms with Gasteiger partial charge in [-0.25, -0.2) is 21.6 Å². The van der Waals surface area contributed by atoms with Crippen LogP contribution >= 0.6 is 23.2 Å². The van der Waals surface area contributed by atoms with E-state index in [4.69, 9.17) is 23.2 Å². The van der Waals surface area contributed by atoms with Crippen molar-refractivity contribution < 1.29 is 21.6 Å². The van der Waals surface area contributed by atoms with Gasteiger partial charge in [-0.1, -0.05) is 41.4 Å². The van der Waals surface area contributed by atoms with E-state index in [0.717, 1.165) is 11.8 Å². The zero-order valence-electron chi connectivity index (χ0n) is 19.1. The second kappa shape index (κ2) is 10.4. The van der Waals surface area contributed by atoms with Gasteiger partial charge < -0.3 is 5.32 Å². The monoisotopic (exact) mass is 567 g/mol. The van der Waals surface area contributed by atoms with Crippen molar-refractivity contribution in [2.24, 2.45) is 0 Å². The molecule has 0 aromatic heterocycles. The summed E-state index contributed by atoms with van der Waals surface area (Å²) >= 11 is 11.8. The quantitative estimate of drug-likeness (QED) is 0.419. The zero-order chi connectivity index (χ0) is 26.1. The molecule has 190 valence electrons. The van der Waals surface area contributed by atoms with E-state index in [1.54, 1.807) is 42.5 Å². The molecule has 0 radical (unpaired) electrons. The maximum atomic E-state index is 13.2. The number of carbonyl (C=O) groups is 1. The van der Waals surface area contributed by atoms with Gasteiger partial charge in [0.2, 0.25) is 15.9 Å². The van der Waals surface area contributed by atoms with Crippen molar-refractivity contribution in [2.75, 3.05) is 22.4 Å². The van der Waals surface area contributed by atoms with Crippen molar-refractivity contribution >= 4 is 60.5 Å². The Balaban J connectivity index is 1.54. The third-order valence-corrected chi connectivity index (χ3v) is 8.69. The van der Waals surface area contributed by atoms with Crippen molar-refractivity contribution in [2.45, 2.75) is 23.8 Å². The minimum absolute atomic E-state index is 0.117. The van der Waals surface area contributed by atoms with Crippen LogP contribution in [0.4, 0.5) is 11.4 Å². The Bertz CT molecular complexity index is 1490. The van der Waals surface area contributed by atoms with Crippen molar-refractivity contribution in [3.63, 3.8) is 0 Å². The number of fused-ring (bicyclic) bond motifs is 1. The molecule has 1 aliphatic heterocycles. The van der Waals surface area contributed by atoms with Gasteiger partial charge in [-0.05, 0) is 66.1 Å². The molecule has 8 nitrogen and oxygen atoms in total. The summed E-state index contributed by atoms with van der Waals surface area (Å²) in [4.78, 5) is 13.0. The molecule has 36 heavy (non-hydrogen) atoms. The van der Waals surface area contributed by atoms with Crippen LogP contribution < -0.4 is 14.3 Å². The fraction of sp³-hybridized carbons (Fsp3) is 0.208. The first-order valence-corrected chi connectivity index (χ1v) is 14.9. The summed E-state index contributed by atoms with van der Waals surface area (Å²) in [5.74, 6) is -0.448. The maximum absolute atomic E-state index is 13.2. The summed E-state index contributed by atoms with van der Waals surface area (Å²) in [7, 11) is -7.42. The highest BCUT2D eigenvalue weighted by Crippen LogP contribution is 2.35. The van der Waals surface area contributed by atoms with E-state index in [2.05, 4.69) is 10.0 Å². The summed E-state index contributed by atoms with van der Waals surface area (Å²) in [5.41, 5.74) is 2.29. The molecular weight excluding hydrogens is 545 g/mol. The normalized spacial score (nSPS) is 14.4. The molecule has 0 spiro atoms. The molecule has 0 fully saturated rings. The van der Waals surface area contributed by atoms with Crippen LogP contribution in [0.3, 0.4) is 0 Å². The first-order valence-electron chi connectivity index (χ1n) is 10.9. The average molecular weight is 569 g/mol. The fourth-order valence-electron chi connectivity index (χ4n) is 3.99. The maximum Gasteiger partial charge on any atom is 0.264 e. The number of hydrogen-bond donors (Lipinski definition) is 2.